The van der Waals surface area contributed by atoms with E-state index < -0.39 is 0 Å². The number of ether oxygens (including phenoxy) is 1. The van der Waals surface area contributed by atoms with Crippen LogP contribution in [0.1, 0.15) is 100 Å². The van der Waals surface area contributed by atoms with E-state index in [0.717, 1.165) is 71.3 Å². The highest BCUT2D eigenvalue weighted by Gasteiger charge is 2.44. The van der Waals surface area contributed by atoms with Gasteiger partial charge in [-0.2, -0.15) is 0 Å². The van der Waals surface area contributed by atoms with Gasteiger partial charge in [0.05, 0.1) is 27.4 Å². The third kappa shape index (κ3) is 4.50. The first-order valence-electron chi connectivity index (χ1n) is 18.8. The van der Waals surface area contributed by atoms with E-state index in [4.69, 9.17) is 27.9 Å². The summed E-state index contributed by atoms with van der Waals surface area (Å²) in [5.74, 6) is 1.78. The lowest BCUT2D eigenvalue weighted by Crippen LogP contribution is -2.48. The predicted molar refractivity (Wildman–Crippen MR) is 225 cm³/mol. The van der Waals surface area contributed by atoms with Crippen molar-refractivity contribution in [3.05, 3.63) is 129 Å². The van der Waals surface area contributed by atoms with Crippen molar-refractivity contribution in [2.75, 3.05) is 19.0 Å². The van der Waals surface area contributed by atoms with Gasteiger partial charge in [-0.05, 0) is 121 Å². The number of hydrogen-bond donors (Lipinski definition) is 0. The van der Waals surface area contributed by atoms with Gasteiger partial charge in [0.2, 0.25) is 5.36 Å². The second-order valence-electron chi connectivity index (χ2n) is 17.0. The van der Waals surface area contributed by atoms with Crippen LogP contribution in [0.4, 0.5) is 5.69 Å². The van der Waals surface area contributed by atoms with Crippen molar-refractivity contribution in [2.45, 2.75) is 101 Å². The molecule has 0 radical (unpaired) electrons. The molecule has 3 nitrogen and oxygen atoms in total. The Labute approximate surface area is 325 Å². The Balaban J connectivity index is 1.67. The Morgan fingerprint density at radius 3 is 1.77 bits per heavy atom. The summed E-state index contributed by atoms with van der Waals surface area (Å²) in [5.41, 5.74) is 21.8. The molecule has 0 saturated carbocycles. The summed E-state index contributed by atoms with van der Waals surface area (Å²) < 4.78 is 9.91. The van der Waals surface area contributed by atoms with Gasteiger partial charge in [-0.3, -0.25) is 0 Å². The highest BCUT2D eigenvalue weighted by molar-refractivity contribution is 6.36. The van der Waals surface area contributed by atoms with Crippen LogP contribution in [0, 0.1) is 62.3 Å². The topological polar surface area (TPSA) is 15.5 Å². The second kappa shape index (κ2) is 11.5. The molecule has 0 fully saturated rings. The fourth-order valence-corrected chi connectivity index (χ4v) is 10.4. The Kier molecular flexibility index (Phi) is 7.79. The van der Waals surface area contributed by atoms with Gasteiger partial charge < -0.3 is 9.64 Å². The summed E-state index contributed by atoms with van der Waals surface area (Å²) in [7, 11) is 4.46. The van der Waals surface area contributed by atoms with Crippen molar-refractivity contribution in [1.82, 2.24) is 4.58 Å². The largest absolute Gasteiger partial charge is 0.455 e. The molecule has 0 amide bonds. The predicted octanol–water partition coefficient (Wildman–Crippen LogP) is 11.5. The van der Waals surface area contributed by atoms with Gasteiger partial charge in [0.25, 0.3) is 0 Å². The van der Waals surface area contributed by atoms with Crippen LogP contribution in [-0.4, -0.2) is 14.1 Å². The third-order valence-electron chi connectivity index (χ3n) is 13.5. The first-order valence-corrected chi connectivity index (χ1v) is 19.6. The standard InChI is InChI=1S/C48H51Cl2N2O/c1-22-16-18-33-31(20-22)35-26(5)38-40(37-28(7)41(49)24(3)25(4)42(37)50)39-27(6)36-32-21-23(2)17-19-34(32)48(12,13)52(15)44(36)30(9)46(39)53-45(38)29(8)43(35)51(14)47(33,10)11/h16-21H,1-15H3/q+1. The maximum absolute atomic E-state index is 7.60. The van der Waals surface area contributed by atoms with E-state index >= 15 is 0 Å². The normalized spacial score (nSPS) is 16.0. The molecule has 272 valence electrons. The van der Waals surface area contributed by atoms with Gasteiger partial charge in [0.1, 0.15) is 18.5 Å². The van der Waals surface area contributed by atoms with Crippen LogP contribution in [0.25, 0.3) is 27.8 Å². The van der Waals surface area contributed by atoms with Gasteiger partial charge in [-0.25, -0.2) is 4.58 Å². The van der Waals surface area contributed by atoms with Crippen LogP contribution in [0.3, 0.4) is 0 Å². The Hall–Kier alpha value is -4.05. The van der Waals surface area contributed by atoms with Crippen LogP contribution in [0.15, 0.2) is 36.4 Å². The van der Waals surface area contributed by atoms with E-state index in [9.17, 15) is 0 Å². The zero-order chi connectivity index (χ0) is 38.5. The number of anilines is 1. The maximum atomic E-state index is 7.60. The molecular formula is C48H51Cl2N2O+. The number of halogens is 2. The smallest absolute Gasteiger partial charge is 0.215 e. The highest BCUT2D eigenvalue weighted by Crippen LogP contribution is 2.57. The van der Waals surface area contributed by atoms with E-state index in [1.807, 2.05) is 0 Å². The zero-order valence-corrected chi connectivity index (χ0v) is 35.5. The van der Waals surface area contributed by atoms with Crippen molar-refractivity contribution >= 4 is 34.5 Å². The molecule has 8 rings (SSSR count). The number of rotatable bonds is 1. The molecule has 0 spiro atoms. The first-order chi connectivity index (χ1) is 24.7. The molecule has 0 aromatic heterocycles. The monoisotopic (exact) mass is 741 g/mol. The molecule has 5 aromatic rings. The van der Waals surface area contributed by atoms with Gasteiger partial charge in [-0.15, -0.1) is 0 Å². The summed E-state index contributed by atoms with van der Waals surface area (Å²) in [5, 5.41) is 3.80. The zero-order valence-electron chi connectivity index (χ0n) is 34.0. The van der Waals surface area contributed by atoms with Gasteiger partial charge in [0.15, 0.2) is 5.54 Å². The molecule has 3 aliphatic rings. The summed E-state index contributed by atoms with van der Waals surface area (Å²) in [6.07, 6.45) is 0. The lowest BCUT2D eigenvalue weighted by molar-refractivity contribution is 0.365. The molecule has 5 heteroatoms. The van der Waals surface area contributed by atoms with Crippen molar-refractivity contribution in [2.24, 2.45) is 0 Å². The van der Waals surface area contributed by atoms with E-state index in [1.165, 1.54) is 66.7 Å². The number of nitrogens with zero attached hydrogens (tertiary/aromatic N) is 2. The van der Waals surface area contributed by atoms with Crippen molar-refractivity contribution in [1.29, 1.82) is 0 Å². The summed E-state index contributed by atoms with van der Waals surface area (Å²) in [6.45, 7) is 29.0. The minimum atomic E-state index is -0.229. The van der Waals surface area contributed by atoms with Crippen molar-refractivity contribution in [3.63, 3.8) is 0 Å². The fraction of sp³-hybridized carbons (Fsp3) is 0.354. The molecule has 0 bridgehead atoms. The molecule has 0 atom stereocenters. The Morgan fingerprint density at radius 2 is 1.15 bits per heavy atom. The maximum Gasteiger partial charge on any atom is 0.215 e. The number of hydrogen-bond acceptors (Lipinski definition) is 2. The SMILES string of the molecule is Cc1ccc2c(c1)-c1c(C)c3c(c(C)c1N(C)C2(C)C)Oc1c(C)c2c(c(C)c1=C3c1c(C)c(Cl)c(C)c(C)c1Cl)-c1cc(C)ccc1C(C)(C)[N+]=2C. The Bertz CT molecular complexity index is 2650. The average Bonchev–Trinajstić information content (AvgIpc) is 3.10. The van der Waals surface area contributed by atoms with E-state index in [0.29, 0.717) is 0 Å². The fourth-order valence-electron chi connectivity index (χ4n) is 9.83. The molecular weight excluding hydrogens is 691 g/mol. The van der Waals surface area contributed by atoms with E-state index in [2.05, 4.69) is 150 Å². The quantitative estimate of drug-likeness (QED) is 0.156. The summed E-state index contributed by atoms with van der Waals surface area (Å²) >= 11 is 14.9. The molecule has 0 N–H and O–H groups in total. The second-order valence-corrected chi connectivity index (χ2v) is 17.8. The number of benzene rings is 5. The van der Waals surface area contributed by atoms with Crippen molar-refractivity contribution < 1.29 is 4.74 Å². The lowest BCUT2D eigenvalue weighted by Gasteiger charge is -2.46. The van der Waals surface area contributed by atoms with Crippen LogP contribution < -0.4 is 24.8 Å². The minimum absolute atomic E-state index is 0.229. The molecule has 0 unspecified atom stereocenters. The van der Waals surface area contributed by atoms with Crippen LogP contribution in [0.2, 0.25) is 10.0 Å². The average molecular weight is 743 g/mol. The van der Waals surface area contributed by atoms with Crippen LogP contribution in [0.5, 0.6) is 11.5 Å². The van der Waals surface area contributed by atoms with Gasteiger partial charge in [-0.1, -0.05) is 70.7 Å². The first kappa shape index (κ1) is 36.0. The Morgan fingerprint density at radius 1 is 0.585 bits per heavy atom. The minimum Gasteiger partial charge on any atom is -0.455 e. The molecule has 0 aliphatic carbocycles. The number of fused-ring (bicyclic) bond motifs is 8. The third-order valence-corrected chi connectivity index (χ3v) is 14.5. The molecule has 3 aliphatic heterocycles. The van der Waals surface area contributed by atoms with Gasteiger partial charge >= 0.3 is 0 Å². The van der Waals surface area contributed by atoms with E-state index in [-0.39, 0.29) is 11.1 Å². The van der Waals surface area contributed by atoms with Crippen LogP contribution in [-0.2, 0) is 11.1 Å². The molecule has 3 heterocycles. The molecule has 5 aromatic carbocycles. The molecule has 0 saturated heterocycles. The van der Waals surface area contributed by atoms with Crippen molar-refractivity contribution in [3.8, 4) is 33.8 Å². The van der Waals surface area contributed by atoms with Gasteiger partial charge in [0, 0.05) is 64.5 Å². The molecule has 53 heavy (non-hydrogen) atoms. The van der Waals surface area contributed by atoms with Crippen LogP contribution >= 0.6 is 23.2 Å². The lowest BCUT2D eigenvalue weighted by atomic mass is 9.74. The number of aryl methyl sites for hydroxylation is 2. The highest BCUT2D eigenvalue weighted by atomic mass is 35.5. The summed E-state index contributed by atoms with van der Waals surface area (Å²) in [6, 6.07) is 13.8. The summed E-state index contributed by atoms with van der Waals surface area (Å²) in [4.78, 5) is 2.45. The van der Waals surface area contributed by atoms with E-state index in [1.54, 1.807) is 0 Å².